The Kier molecular flexibility index (Phi) is 2.92. The fraction of sp³-hybridized carbons (Fsp3) is 0.250. The summed E-state index contributed by atoms with van der Waals surface area (Å²) in [4.78, 5) is 11.1. The van der Waals surface area contributed by atoms with Crippen LogP contribution in [0.4, 0.5) is 0 Å². The van der Waals surface area contributed by atoms with Crippen LogP contribution in [0.15, 0.2) is 30.5 Å². The van der Waals surface area contributed by atoms with Gasteiger partial charge in [0.25, 0.3) is 0 Å². The van der Waals surface area contributed by atoms with Gasteiger partial charge in [0.15, 0.2) is 0 Å². The van der Waals surface area contributed by atoms with Crippen molar-refractivity contribution in [3.8, 4) is 0 Å². The van der Waals surface area contributed by atoms with Crippen molar-refractivity contribution in [3.63, 3.8) is 0 Å². The average molecular weight is 218 g/mol. The number of rotatable bonds is 4. The van der Waals surface area contributed by atoms with E-state index in [2.05, 4.69) is 5.32 Å². The number of nitrogens with zero attached hydrogens (tertiary/aromatic N) is 1. The van der Waals surface area contributed by atoms with Gasteiger partial charge in [0.1, 0.15) is 0 Å². The van der Waals surface area contributed by atoms with Crippen LogP contribution in [-0.2, 0) is 6.54 Å². The molecule has 84 valence electrons. The summed E-state index contributed by atoms with van der Waals surface area (Å²) in [6, 6.07) is 7.28. The maximum absolute atomic E-state index is 11.1. The minimum atomic E-state index is -0.880. The van der Waals surface area contributed by atoms with Crippen LogP contribution in [0.3, 0.4) is 0 Å². The van der Waals surface area contributed by atoms with Crippen molar-refractivity contribution in [2.75, 3.05) is 13.6 Å². The van der Waals surface area contributed by atoms with E-state index in [1.165, 1.54) is 0 Å². The molecule has 0 spiro atoms. The van der Waals surface area contributed by atoms with Crippen LogP contribution in [0.2, 0.25) is 0 Å². The van der Waals surface area contributed by atoms with E-state index in [1.54, 1.807) is 12.1 Å². The Morgan fingerprint density at radius 3 is 2.94 bits per heavy atom. The van der Waals surface area contributed by atoms with Crippen LogP contribution in [0.25, 0.3) is 10.9 Å². The molecule has 0 unspecified atom stereocenters. The van der Waals surface area contributed by atoms with Gasteiger partial charge in [0, 0.05) is 24.7 Å². The predicted octanol–water partition coefficient (Wildman–Crippen LogP) is 1.56. The zero-order valence-corrected chi connectivity index (χ0v) is 9.10. The molecule has 2 N–H and O–H groups in total. The van der Waals surface area contributed by atoms with E-state index in [4.69, 9.17) is 5.11 Å². The first-order chi connectivity index (χ1) is 7.74. The third-order valence-electron chi connectivity index (χ3n) is 2.62. The van der Waals surface area contributed by atoms with E-state index in [0.717, 1.165) is 24.0 Å². The number of carbonyl (C=O) groups is 1. The van der Waals surface area contributed by atoms with Gasteiger partial charge in [-0.05, 0) is 19.2 Å². The lowest BCUT2D eigenvalue weighted by atomic mass is 10.1. The quantitative estimate of drug-likeness (QED) is 0.818. The lowest BCUT2D eigenvalue weighted by Crippen LogP contribution is -2.15. The highest BCUT2D eigenvalue weighted by atomic mass is 16.4. The fourth-order valence-electron chi connectivity index (χ4n) is 1.85. The monoisotopic (exact) mass is 218 g/mol. The van der Waals surface area contributed by atoms with Gasteiger partial charge >= 0.3 is 5.97 Å². The summed E-state index contributed by atoms with van der Waals surface area (Å²) in [5.74, 6) is -0.880. The summed E-state index contributed by atoms with van der Waals surface area (Å²) in [7, 11) is 1.88. The molecule has 1 heterocycles. The number of aromatic nitrogens is 1. The molecule has 2 rings (SSSR count). The zero-order chi connectivity index (χ0) is 11.5. The van der Waals surface area contributed by atoms with Crippen molar-refractivity contribution >= 4 is 16.9 Å². The fourth-order valence-corrected chi connectivity index (χ4v) is 1.85. The van der Waals surface area contributed by atoms with Crippen LogP contribution in [0.5, 0.6) is 0 Å². The molecule has 0 saturated heterocycles. The van der Waals surface area contributed by atoms with Crippen LogP contribution in [-0.4, -0.2) is 29.2 Å². The van der Waals surface area contributed by atoms with E-state index in [-0.39, 0.29) is 0 Å². The molecule has 0 radical (unpaired) electrons. The number of para-hydroxylation sites is 1. The maximum atomic E-state index is 11.1. The molecule has 0 aliphatic rings. The molecule has 0 aliphatic carbocycles. The van der Waals surface area contributed by atoms with Crippen LogP contribution < -0.4 is 5.32 Å². The van der Waals surface area contributed by atoms with Crippen LogP contribution >= 0.6 is 0 Å². The largest absolute Gasteiger partial charge is 0.478 e. The summed E-state index contributed by atoms with van der Waals surface area (Å²) in [5, 5.41) is 13.1. The molecule has 16 heavy (non-hydrogen) atoms. The Bertz CT molecular complexity index is 517. The molecule has 2 aromatic rings. The van der Waals surface area contributed by atoms with Gasteiger partial charge in [-0.2, -0.15) is 0 Å². The molecule has 1 aromatic heterocycles. The molecule has 1 aromatic carbocycles. The van der Waals surface area contributed by atoms with Crippen molar-refractivity contribution in [2.45, 2.75) is 6.54 Å². The van der Waals surface area contributed by atoms with Crippen molar-refractivity contribution in [1.29, 1.82) is 0 Å². The van der Waals surface area contributed by atoms with E-state index < -0.39 is 5.97 Å². The number of carboxylic acids is 1. The number of carboxylic acid groups (broad SMARTS) is 1. The topological polar surface area (TPSA) is 54.3 Å². The number of hydrogen-bond acceptors (Lipinski definition) is 2. The van der Waals surface area contributed by atoms with Crippen molar-refractivity contribution < 1.29 is 9.90 Å². The minimum absolute atomic E-state index is 0.360. The first-order valence-electron chi connectivity index (χ1n) is 5.20. The highest BCUT2D eigenvalue weighted by Gasteiger charge is 2.11. The number of aromatic carboxylic acids is 1. The average Bonchev–Trinajstić information content (AvgIpc) is 2.69. The summed E-state index contributed by atoms with van der Waals surface area (Å²) in [6.45, 7) is 1.59. The minimum Gasteiger partial charge on any atom is -0.478 e. The van der Waals surface area contributed by atoms with Crippen molar-refractivity contribution in [2.24, 2.45) is 0 Å². The van der Waals surface area contributed by atoms with E-state index >= 15 is 0 Å². The normalized spacial score (nSPS) is 10.8. The molecule has 0 saturated carbocycles. The molecule has 4 nitrogen and oxygen atoms in total. The Labute approximate surface area is 93.5 Å². The lowest BCUT2D eigenvalue weighted by Gasteiger charge is -2.06. The van der Waals surface area contributed by atoms with Gasteiger partial charge in [-0.15, -0.1) is 0 Å². The smallest absolute Gasteiger partial charge is 0.337 e. The second kappa shape index (κ2) is 4.37. The van der Waals surface area contributed by atoms with Gasteiger partial charge in [0.05, 0.1) is 11.1 Å². The summed E-state index contributed by atoms with van der Waals surface area (Å²) < 4.78 is 1.97. The second-order valence-electron chi connectivity index (χ2n) is 3.66. The molecule has 0 fully saturated rings. The number of likely N-dealkylation sites (N-methyl/N-ethyl adjacent to an activating group) is 1. The molecular weight excluding hydrogens is 204 g/mol. The first-order valence-corrected chi connectivity index (χ1v) is 5.20. The second-order valence-corrected chi connectivity index (χ2v) is 3.66. The van der Waals surface area contributed by atoms with Gasteiger partial charge in [-0.1, -0.05) is 12.1 Å². The summed E-state index contributed by atoms with van der Waals surface area (Å²) in [5.41, 5.74) is 1.16. The van der Waals surface area contributed by atoms with Crippen molar-refractivity contribution in [3.05, 3.63) is 36.0 Å². The number of fused-ring (bicyclic) bond motifs is 1. The third-order valence-corrected chi connectivity index (χ3v) is 2.62. The van der Waals surface area contributed by atoms with E-state index in [9.17, 15) is 4.79 Å². The van der Waals surface area contributed by atoms with Crippen LogP contribution in [0, 0.1) is 0 Å². The Morgan fingerprint density at radius 2 is 2.25 bits per heavy atom. The number of hydrogen-bond donors (Lipinski definition) is 2. The van der Waals surface area contributed by atoms with Gasteiger partial charge in [-0.3, -0.25) is 0 Å². The highest BCUT2D eigenvalue weighted by molar-refractivity contribution is 6.02. The Balaban J connectivity index is 2.54. The number of benzene rings is 1. The molecule has 0 bridgehead atoms. The van der Waals surface area contributed by atoms with Crippen LogP contribution in [0.1, 0.15) is 10.4 Å². The first kappa shape index (κ1) is 10.7. The molecule has 0 amide bonds. The standard InChI is InChI=1S/C12H14N2O2/c1-13-6-8-14-7-5-9-3-2-4-10(11(9)14)12(15)16/h2-5,7,13H,6,8H2,1H3,(H,15,16). The van der Waals surface area contributed by atoms with E-state index in [0.29, 0.717) is 5.56 Å². The Hall–Kier alpha value is -1.81. The summed E-state index contributed by atoms with van der Waals surface area (Å²) >= 11 is 0. The Morgan fingerprint density at radius 1 is 1.44 bits per heavy atom. The molecule has 0 atom stereocenters. The highest BCUT2D eigenvalue weighted by Crippen LogP contribution is 2.20. The molecular formula is C12H14N2O2. The van der Waals surface area contributed by atoms with Crippen molar-refractivity contribution in [1.82, 2.24) is 9.88 Å². The number of nitrogens with one attached hydrogen (secondary N) is 1. The SMILES string of the molecule is CNCCn1ccc2cccc(C(=O)O)c21. The lowest BCUT2D eigenvalue weighted by molar-refractivity contribution is 0.0698. The molecule has 4 heteroatoms. The zero-order valence-electron chi connectivity index (χ0n) is 9.10. The van der Waals surface area contributed by atoms with E-state index in [1.807, 2.05) is 29.9 Å². The third kappa shape index (κ3) is 1.79. The summed E-state index contributed by atoms with van der Waals surface area (Å²) in [6.07, 6.45) is 1.93. The molecule has 0 aliphatic heterocycles. The van der Waals surface area contributed by atoms with Gasteiger partial charge in [-0.25, -0.2) is 4.79 Å². The van der Waals surface area contributed by atoms with Gasteiger partial charge < -0.3 is 15.0 Å². The van der Waals surface area contributed by atoms with Gasteiger partial charge in [0.2, 0.25) is 0 Å². The predicted molar refractivity (Wildman–Crippen MR) is 62.8 cm³/mol. The maximum Gasteiger partial charge on any atom is 0.337 e.